The van der Waals surface area contributed by atoms with Gasteiger partial charge in [-0.3, -0.25) is 0 Å². The van der Waals surface area contributed by atoms with Crippen LogP contribution in [0.5, 0.6) is 0 Å². The zero-order valence-corrected chi connectivity index (χ0v) is 11.7. The van der Waals surface area contributed by atoms with E-state index in [9.17, 15) is 0 Å². The highest BCUT2D eigenvalue weighted by Gasteiger charge is 2.06. The van der Waals surface area contributed by atoms with Crippen LogP contribution in [0.15, 0.2) is 30.5 Å². The fourth-order valence-electron chi connectivity index (χ4n) is 2.45. The van der Waals surface area contributed by atoms with E-state index in [-0.39, 0.29) is 0 Å². The topological polar surface area (TPSA) is 17.0 Å². The second-order valence-corrected chi connectivity index (χ2v) is 5.17. The van der Waals surface area contributed by atoms with E-state index in [0.29, 0.717) is 6.04 Å². The minimum Gasteiger partial charge on any atom is -0.347 e. The van der Waals surface area contributed by atoms with Crippen LogP contribution in [0.2, 0.25) is 0 Å². The van der Waals surface area contributed by atoms with E-state index in [1.54, 1.807) is 0 Å². The molecule has 0 saturated carbocycles. The van der Waals surface area contributed by atoms with E-state index in [1.807, 2.05) is 0 Å². The number of benzene rings is 1. The van der Waals surface area contributed by atoms with Crippen molar-refractivity contribution in [3.05, 3.63) is 36.0 Å². The molecule has 18 heavy (non-hydrogen) atoms. The summed E-state index contributed by atoms with van der Waals surface area (Å²) in [6.45, 7) is 8.75. The Morgan fingerprint density at radius 3 is 2.72 bits per heavy atom. The Kier molecular flexibility index (Phi) is 4.43. The predicted molar refractivity (Wildman–Crippen MR) is 79.1 cm³/mol. The van der Waals surface area contributed by atoms with Crippen LogP contribution in [0, 0.1) is 0 Å². The molecule has 1 heterocycles. The summed E-state index contributed by atoms with van der Waals surface area (Å²) in [6, 6.07) is 9.31. The largest absolute Gasteiger partial charge is 0.347 e. The number of nitrogens with zero attached hydrogens (tertiary/aromatic N) is 1. The molecule has 0 spiro atoms. The summed E-state index contributed by atoms with van der Waals surface area (Å²) in [5.74, 6) is 0. The van der Waals surface area contributed by atoms with Crippen molar-refractivity contribution < 1.29 is 0 Å². The first kappa shape index (κ1) is 13.2. The molecule has 0 aliphatic heterocycles. The Labute approximate surface area is 110 Å². The third-order valence-electron chi connectivity index (χ3n) is 3.39. The third-order valence-corrected chi connectivity index (χ3v) is 3.39. The van der Waals surface area contributed by atoms with E-state index >= 15 is 0 Å². The number of nitrogens with one attached hydrogen (secondary N) is 1. The second-order valence-electron chi connectivity index (χ2n) is 5.17. The van der Waals surface area contributed by atoms with E-state index in [2.05, 4.69) is 61.1 Å². The van der Waals surface area contributed by atoms with Gasteiger partial charge in [0.25, 0.3) is 0 Å². The smallest absolute Gasteiger partial charge is 0.0483 e. The molecule has 0 bridgehead atoms. The van der Waals surface area contributed by atoms with Crippen LogP contribution in [-0.2, 0) is 13.0 Å². The van der Waals surface area contributed by atoms with Crippen molar-refractivity contribution in [3.8, 4) is 0 Å². The molecular formula is C16H24N2. The number of hydrogen-bond acceptors (Lipinski definition) is 1. The highest BCUT2D eigenvalue weighted by Crippen LogP contribution is 2.22. The minimum absolute atomic E-state index is 0.585. The summed E-state index contributed by atoms with van der Waals surface area (Å²) in [4.78, 5) is 0. The summed E-state index contributed by atoms with van der Waals surface area (Å²) in [5.41, 5.74) is 2.85. The fraction of sp³-hybridized carbons (Fsp3) is 0.500. The van der Waals surface area contributed by atoms with Crippen LogP contribution >= 0.6 is 0 Å². The van der Waals surface area contributed by atoms with Crippen molar-refractivity contribution in [1.29, 1.82) is 0 Å². The minimum atomic E-state index is 0.585. The maximum atomic E-state index is 3.48. The molecule has 1 aromatic carbocycles. The molecule has 98 valence electrons. The van der Waals surface area contributed by atoms with Crippen LogP contribution < -0.4 is 5.32 Å². The normalized spacial score (nSPS) is 11.6. The Morgan fingerprint density at radius 2 is 2.00 bits per heavy atom. The van der Waals surface area contributed by atoms with Gasteiger partial charge in [-0.1, -0.05) is 32.0 Å². The summed E-state index contributed by atoms with van der Waals surface area (Å²) >= 11 is 0. The fourth-order valence-corrected chi connectivity index (χ4v) is 2.45. The van der Waals surface area contributed by atoms with Crippen LogP contribution in [0.3, 0.4) is 0 Å². The van der Waals surface area contributed by atoms with Gasteiger partial charge in [0.05, 0.1) is 0 Å². The van der Waals surface area contributed by atoms with Gasteiger partial charge in [0.1, 0.15) is 0 Å². The molecule has 2 heteroatoms. The molecule has 2 nitrogen and oxygen atoms in total. The summed E-state index contributed by atoms with van der Waals surface area (Å²) in [6.07, 6.45) is 4.68. The van der Waals surface area contributed by atoms with Crippen molar-refractivity contribution in [2.75, 3.05) is 6.54 Å². The highest BCUT2D eigenvalue weighted by molar-refractivity contribution is 5.83. The van der Waals surface area contributed by atoms with Gasteiger partial charge in [-0.2, -0.15) is 0 Å². The predicted octanol–water partition coefficient (Wildman–Crippen LogP) is 3.59. The van der Waals surface area contributed by atoms with Crippen molar-refractivity contribution in [2.45, 2.75) is 46.2 Å². The van der Waals surface area contributed by atoms with Crippen molar-refractivity contribution >= 4 is 10.9 Å². The molecular weight excluding hydrogens is 220 g/mol. The number of para-hydroxylation sites is 1. The van der Waals surface area contributed by atoms with E-state index < -0.39 is 0 Å². The number of aryl methyl sites for hydroxylation is 2. The summed E-state index contributed by atoms with van der Waals surface area (Å²) in [5, 5.41) is 4.90. The zero-order valence-electron chi connectivity index (χ0n) is 11.7. The molecule has 0 aliphatic rings. The molecule has 0 amide bonds. The van der Waals surface area contributed by atoms with Crippen molar-refractivity contribution in [3.63, 3.8) is 0 Å². The van der Waals surface area contributed by atoms with Crippen LogP contribution in [0.1, 0.15) is 32.8 Å². The molecule has 0 unspecified atom stereocenters. The van der Waals surface area contributed by atoms with Gasteiger partial charge in [-0.05, 0) is 37.9 Å². The quantitative estimate of drug-likeness (QED) is 0.768. The molecule has 0 atom stereocenters. The monoisotopic (exact) mass is 244 g/mol. The Morgan fingerprint density at radius 1 is 1.22 bits per heavy atom. The molecule has 2 aromatic rings. The second kappa shape index (κ2) is 6.05. The SMILES string of the molecule is CCn1cc(CCCNC(C)C)c2ccccc21. The van der Waals surface area contributed by atoms with Gasteiger partial charge in [0, 0.05) is 29.7 Å². The molecule has 0 aliphatic carbocycles. The Balaban J connectivity index is 2.08. The Bertz CT molecular complexity index is 497. The molecule has 0 saturated heterocycles. The molecule has 1 N–H and O–H groups in total. The lowest BCUT2D eigenvalue weighted by Crippen LogP contribution is -2.23. The first-order valence-corrected chi connectivity index (χ1v) is 7.02. The van der Waals surface area contributed by atoms with Gasteiger partial charge < -0.3 is 9.88 Å². The average Bonchev–Trinajstić information content (AvgIpc) is 2.73. The maximum absolute atomic E-state index is 3.48. The molecule has 0 radical (unpaired) electrons. The van der Waals surface area contributed by atoms with Gasteiger partial charge in [0.2, 0.25) is 0 Å². The van der Waals surface area contributed by atoms with Crippen LogP contribution in [-0.4, -0.2) is 17.2 Å². The zero-order chi connectivity index (χ0) is 13.0. The van der Waals surface area contributed by atoms with E-state index in [4.69, 9.17) is 0 Å². The lowest BCUT2D eigenvalue weighted by molar-refractivity contribution is 0.570. The molecule has 2 rings (SSSR count). The van der Waals surface area contributed by atoms with Gasteiger partial charge >= 0.3 is 0 Å². The first-order valence-electron chi connectivity index (χ1n) is 7.02. The van der Waals surface area contributed by atoms with Crippen molar-refractivity contribution in [2.24, 2.45) is 0 Å². The third kappa shape index (κ3) is 2.94. The lowest BCUT2D eigenvalue weighted by atomic mass is 10.1. The Hall–Kier alpha value is -1.28. The number of aromatic nitrogens is 1. The number of hydrogen-bond donors (Lipinski definition) is 1. The summed E-state index contributed by atoms with van der Waals surface area (Å²) in [7, 11) is 0. The molecule has 1 aromatic heterocycles. The van der Waals surface area contributed by atoms with E-state index in [0.717, 1.165) is 19.5 Å². The van der Waals surface area contributed by atoms with Crippen LogP contribution in [0.25, 0.3) is 10.9 Å². The first-order chi connectivity index (χ1) is 8.72. The van der Waals surface area contributed by atoms with Crippen LogP contribution in [0.4, 0.5) is 0 Å². The summed E-state index contributed by atoms with van der Waals surface area (Å²) < 4.78 is 2.35. The van der Waals surface area contributed by atoms with Crippen molar-refractivity contribution in [1.82, 2.24) is 9.88 Å². The number of fused-ring (bicyclic) bond motifs is 1. The molecule has 0 fully saturated rings. The van der Waals surface area contributed by atoms with Gasteiger partial charge in [0.15, 0.2) is 0 Å². The maximum Gasteiger partial charge on any atom is 0.0483 e. The standard InChI is InChI=1S/C16H24N2/c1-4-18-12-14(8-7-11-17-13(2)3)15-9-5-6-10-16(15)18/h5-6,9-10,12-13,17H,4,7-8,11H2,1-3H3. The van der Waals surface area contributed by atoms with Gasteiger partial charge in [-0.25, -0.2) is 0 Å². The number of rotatable bonds is 6. The lowest BCUT2D eigenvalue weighted by Gasteiger charge is -2.06. The van der Waals surface area contributed by atoms with Gasteiger partial charge in [-0.15, -0.1) is 0 Å². The average molecular weight is 244 g/mol. The highest BCUT2D eigenvalue weighted by atomic mass is 14.9. The van der Waals surface area contributed by atoms with E-state index in [1.165, 1.54) is 22.9 Å².